The molecule has 1 rings (SSSR count). The largest absolute Gasteiger partial charge is 0.444 e. The van der Waals surface area contributed by atoms with Gasteiger partial charge in [-0.1, -0.05) is 43.2 Å². The molecule has 9 nitrogen and oxygen atoms in total. The van der Waals surface area contributed by atoms with Gasteiger partial charge in [0, 0.05) is 6.04 Å². The van der Waals surface area contributed by atoms with Crippen LogP contribution in [0.3, 0.4) is 0 Å². The average Bonchev–Trinajstić information content (AvgIpc) is 2.70. The maximum Gasteiger partial charge on any atom is 0.408 e. The van der Waals surface area contributed by atoms with Crippen LogP contribution in [0.1, 0.15) is 64.6 Å². The minimum absolute atomic E-state index is 0.137. The molecule has 182 valence electrons. The van der Waals surface area contributed by atoms with E-state index in [1.165, 1.54) is 0 Å². The molecule has 0 aromatic heterocycles. The summed E-state index contributed by atoms with van der Waals surface area (Å²) in [7, 11) is 0. The van der Waals surface area contributed by atoms with Crippen molar-refractivity contribution >= 4 is 17.9 Å². The summed E-state index contributed by atoms with van der Waals surface area (Å²) >= 11 is 0. The summed E-state index contributed by atoms with van der Waals surface area (Å²) in [4.78, 5) is 39.9. The molecule has 0 heterocycles. The van der Waals surface area contributed by atoms with E-state index in [1.807, 2.05) is 32.9 Å². The molecule has 3 amide bonds. The minimum Gasteiger partial charge on any atom is -0.444 e. The van der Waals surface area contributed by atoms with Crippen molar-refractivity contribution in [2.45, 2.75) is 78.1 Å². The maximum absolute atomic E-state index is 13.3. The Morgan fingerprint density at radius 1 is 1.24 bits per heavy atom. The van der Waals surface area contributed by atoms with Gasteiger partial charge < -0.3 is 25.4 Å². The van der Waals surface area contributed by atoms with Crippen molar-refractivity contribution in [2.75, 3.05) is 13.2 Å². The van der Waals surface area contributed by atoms with Crippen molar-refractivity contribution in [2.24, 2.45) is 0 Å². The Morgan fingerprint density at radius 2 is 1.91 bits per heavy atom. The number of carbonyl (C=O) groups is 3. The van der Waals surface area contributed by atoms with E-state index in [0.29, 0.717) is 5.56 Å². The number of rotatable bonds is 10. The molecular formula is C24H36N4O5. The molecule has 0 aliphatic rings. The van der Waals surface area contributed by atoms with E-state index in [2.05, 4.69) is 10.6 Å². The Balaban J connectivity index is 3.33. The van der Waals surface area contributed by atoms with Gasteiger partial charge in [0.05, 0.1) is 12.7 Å². The number of hydrogen-bond donors (Lipinski definition) is 3. The van der Waals surface area contributed by atoms with E-state index >= 15 is 0 Å². The zero-order valence-electron chi connectivity index (χ0n) is 20.3. The topological polar surface area (TPSA) is 132 Å². The van der Waals surface area contributed by atoms with Gasteiger partial charge in [-0.3, -0.25) is 9.59 Å². The maximum atomic E-state index is 13.3. The van der Waals surface area contributed by atoms with Crippen molar-refractivity contribution in [1.29, 1.82) is 5.26 Å². The number of alkyl carbamates (subject to hydrolysis) is 1. The number of aryl methyl sites for hydroxylation is 1. The average molecular weight is 461 g/mol. The van der Waals surface area contributed by atoms with Gasteiger partial charge in [-0.2, -0.15) is 5.26 Å². The first-order valence-corrected chi connectivity index (χ1v) is 11.1. The van der Waals surface area contributed by atoms with Gasteiger partial charge in [0.15, 0.2) is 0 Å². The fraction of sp³-hybridized carbons (Fsp3) is 0.583. The Kier molecular flexibility index (Phi) is 10.8. The van der Waals surface area contributed by atoms with Crippen LogP contribution in [0.25, 0.3) is 0 Å². The number of ether oxygens (including phenoxy) is 1. The zero-order valence-corrected chi connectivity index (χ0v) is 20.3. The third kappa shape index (κ3) is 9.10. The van der Waals surface area contributed by atoms with Gasteiger partial charge in [-0.05, 0) is 46.6 Å². The van der Waals surface area contributed by atoms with E-state index in [-0.39, 0.29) is 6.04 Å². The molecule has 0 fully saturated rings. The van der Waals surface area contributed by atoms with Crippen LogP contribution < -0.4 is 10.6 Å². The van der Waals surface area contributed by atoms with Crippen molar-refractivity contribution in [3.63, 3.8) is 0 Å². The molecule has 9 heteroatoms. The van der Waals surface area contributed by atoms with E-state index in [1.54, 1.807) is 39.0 Å². The Hall–Kier alpha value is -3.12. The lowest BCUT2D eigenvalue weighted by Crippen LogP contribution is -2.55. The van der Waals surface area contributed by atoms with Crippen LogP contribution in [0.2, 0.25) is 0 Å². The van der Waals surface area contributed by atoms with Crippen molar-refractivity contribution in [1.82, 2.24) is 15.5 Å². The highest BCUT2D eigenvalue weighted by atomic mass is 16.6. The second-order valence-electron chi connectivity index (χ2n) is 9.02. The minimum atomic E-state index is -1.39. The molecule has 3 N–H and O–H groups in total. The molecule has 1 aromatic rings. The molecule has 1 aromatic carbocycles. The second kappa shape index (κ2) is 12.8. The van der Waals surface area contributed by atoms with Crippen LogP contribution in [0.15, 0.2) is 24.3 Å². The fourth-order valence-electron chi connectivity index (χ4n) is 3.35. The summed E-state index contributed by atoms with van der Waals surface area (Å²) in [5.74, 6) is -1.21. The van der Waals surface area contributed by atoms with E-state index < -0.39 is 48.7 Å². The van der Waals surface area contributed by atoms with Crippen molar-refractivity contribution < 1.29 is 24.2 Å². The third-order valence-corrected chi connectivity index (χ3v) is 4.72. The van der Waals surface area contributed by atoms with E-state index in [9.17, 15) is 24.8 Å². The van der Waals surface area contributed by atoms with Crippen molar-refractivity contribution in [3.8, 4) is 6.07 Å². The van der Waals surface area contributed by atoms with Gasteiger partial charge in [0.1, 0.15) is 24.2 Å². The molecule has 3 atom stereocenters. The monoisotopic (exact) mass is 460 g/mol. The molecule has 3 unspecified atom stereocenters. The lowest BCUT2D eigenvalue weighted by Gasteiger charge is -2.33. The standard InChI is InChI=1S/C24H36N4O5/c1-7-9-17(3)26-21(30)20(18-11-8-10-16(2)14-18)28(13-12-25)22(31)19(15-29)27-23(32)33-24(4,5)6/h8,10-11,14,17,19-20,29H,7,9,13,15H2,1-6H3,(H,26,30)(H,27,32). The highest BCUT2D eigenvalue weighted by molar-refractivity contribution is 5.92. The summed E-state index contributed by atoms with van der Waals surface area (Å²) in [6, 6.07) is 6.36. The molecule has 0 aliphatic heterocycles. The van der Waals surface area contributed by atoms with Gasteiger partial charge in [-0.15, -0.1) is 0 Å². The summed E-state index contributed by atoms with van der Waals surface area (Å²) in [5, 5.41) is 24.5. The number of aliphatic hydroxyl groups excluding tert-OH is 1. The molecule has 0 radical (unpaired) electrons. The van der Waals surface area contributed by atoms with Crippen molar-refractivity contribution in [3.05, 3.63) is 35.4 Å². The number of nitriles is 1. The molecule has 0 aliphatic carbocycles. The second-order valence-corrected chi connectivity index (χ2v) is 9.02. The number of carbonyl (C=O) groups excluding carboxylic acids is 3. The molecule has 0 saturated heterocycles. The molecular weight excluding hydrogens is 424 g/mol. The quantitative estimate of drug-likeness (QED) is 0.460. The number of amides is 3. The van der Waals surface area contributed by atoms with Gasteiger partial charge in [0.2, 0.25) is 11.8 Å². The smallest absolute Gasteiger partial charge is 0.408 e. The lowest BCUT2D eigenvalue weighted by molar-refractivity contribution is -0.142. The van der Waals surface area contributed by atoms with Crippen LogP contribution in [-0.4, -0.2) is 58.8 Å². The number of nitrogens with zero attached hydrogens (tertiary/aromatic N) is 2. The van der Waals surface area contributed by atoms with Crippen LogP contribution in [0.4, 0.5) is 4.79 Å². The summed E-state index contributed by atoms with van der Waals surface area (Å²) in [6.45, 7) is 9.58. The fourth-order valence-corrected chi connectivity index (χ4v) is 3.35. The van der Waals surface area contributed by atoms with Crippen LogP contribution in [0, 0.1) is 18.3 Å². The zero-order chi connectivity index (χ0) is 25.2. The summed E-state index contributed by atoms with van der Waals surface area (Å²) in [5.41, 5.74) is 0.592. The predicted octanol–water partition coefficient (Wildman–Crippen LogP) is 2.58. The number of hydrogen-bond acceptors (Lipinski definition) is 6. The first kappa shape index (κ1) is 27.9. The van der Waals surface area contributed by atoms with E-state index in [4.69, 9.17) is 4.74 Å². The van der Waals surface area contributed by atoms with Gasteiger partial charge in [0.25, 0.3) is 0 Å². The van der Waals surface area contributed by atoms with Crippen LogP contribution in [-0.2, 0) is 14.3 Å². The Bertz CT molecular complexity index is 859. The van der Waals surface area contributed by atoms with Crippen LogP contribution in [0.5, 0.6) is 0 Å². The number of benzene rings is 1. The highest BCUT2D eigenvalue weighted by Crippen LogP contribution is 2.24. The lowest BCUT2D eigenvalue weighted by atomic mass is 10.0. The number of nitrogens with one attached hydrogen (secondary N) is 2. The normalized spacial score (nSPS) is 13.8. The van der Waals surface area contributed by atoms with Gasteiger partial charge in [-0.25, -0.2) is 4.79 Å². The summed E-state index contributed by atoms with van der Waals surface area (Å²) in [6.07, 6.45) is 0.724. The van der Waals surface area contributed by atoms with Crippen LogP contribution >= 0.6 is 0 Å². The first-order valence-electron chi connectivity index (χ1n) is 11.1. The Morgan fingerprint density at radius 3 is 2.42 bits per heavy atom. The SMILES string of the molecule is CCCC(C)NC(=O)C(c1cccc(C)c1)N(CC#N)C(=O)C(CO)NC(=O)OC(C)(C)C. The third-order valence-electron chi connectivity index (χ3n) is 4.72. The Labute approximate surface area is 196 Å². The van der Waals surface area contributed by atoms with E-state index in [0.717, 1.165) is 23.3 Å². The first-order chi connectivity index (χ1) is 15.4. The molecule has 0 spiro atoms. The molecule has 0 saturated carbocycles. The van der Waals surface area contributed by atoms with Gasteiger partial charge >= 0.3 is 6.09 Å². The number of aliphatic hydroxyl groups is 1. The summed E-state index contributed by atoms with van der Waals surface area (Å²) < 4.78 is 5.17. The molecule has 33 heavy (non-hydrogen) atoms. The predicted molar refractivity (Wildman–Crippen MR) is 124 cm³/mol. The molecule has 0 bridgehead atoms. The highest BCUT2D eigenvalue weighted by Gasteiger charge is 2.36.